The predicted octanol–water partition coefficient (Wildman–Crippen LogP) is 3.19. The molecule has 0 aromatic heterocycles. The minimum atomic E-state index is 0.325. The van der Waals surface area contributed by atoms with E-state index in [4.69, 9.17) is 0 Å². The number of carbonyl (C=O) groups is 1. The predicted molar refractivity (Wildman–Crippen MR) is 88.5 cm³/mol. The van der Waals surface area contributed by atoms with Gasteiger partial charge in [0.2, 0.25) is 0 Å². The lowest BCUT2D eigenvalue weighted by Crippen LogP contribution is -2.40. The molecule has 2 aliphatic rings. The molecule has 0 aromatic rings. The van der Waals surface area contributed by atoms with E-state index in [0.717, 1.165) is 44.8 Å². The van der Waals surface area contributed by atoms with Crippen LogP contribution in [0.15, 0.2) is 0 Å². The van der Waals surface area contributed by atoms with E-state index in [9.17, 15) is 4.79 Å². The van der Waals surface area contributed by atoms with Crippen molar-refractivity contribution < 1.29 is 4.79 Å². The lowest BCUT2D eigenvalue weighted by Gasteiger charge is -2.31. The second-order valence-electron chi connectivity index (χ2n) is 7.02. The Balaban J connectivity index is 1.82. The monoisotopic (exact) mass is 294 g/mol. The molecule has 3 heteroatoms. The molecule has 3 nitrogen and oxygen atoms in total. The van der Waals surface area contributed by atoms with Crippen molar-refractivity contribution in [3.05, 3.63) is 0 Å². The summed E-state index contributed by atoms with van der Waals surface area (Å²) in [6.45, 7) is 12.5. The van der Waals surface area contributed by atoms with Gasteiger partial charge in [0.15, 0.2) is 0 Å². The zero-order valence-corrected chi connectivity index (χ0v) is 14.3. The summed E-state index contributed by atoms with van der Waals surface area (Å²) in [5, 5.41) is 0. The Labute approximate surface area is 131 Å². The van der Waals surface area contributed by atoms with Crippen LogP contribution < -0.4 is 0 Å². The molecular weight excluding hydrogens is 260 g/mol. The zero-order chi connectivity index (χ0) is 15.2. The van der Waals surface area contributed by atoms with Gasteiger partial charge in [0, 0.05) is 31.5 Å². The van der Waals surface area contributed by atoms with Crippen LogP contribution in [0.1, 0.15) is 59.3 Å². The average Bonchev–Trinajstić information content (AvgIpc) is 2.93. The molecular formula is C18H34N2O. The number of likely N-dealkylation sites (N-methyl/N-ethyl adjacent to an activating group) is 1. The Morgan fingerprint density at radius 1 is 1.19 bits per heavy atom. The Morgan fingerprint density at radius 2 is 1.95 bits per heavy atom. The molecule has 1 heterocycles. The van der Waals surface area contributed by atoms with Crippen molar-refractivity contribution in [2.24, 2.45) is 11.8 Å². The molecule has 1 aliphatic heterocycles. The molecule has 0 aromatic carbocycles. The summed E-state index contributed by atoms with van der Waals surface area (Å²) in [5.74, 6) is 1.67. The second kappa shape index (κ2) is 8.28. The summed E-state index contributed by atoms with van der Waals surface area (Å²) in [6.07, 6.45) is 6.99. The molecule has 1 aliphatic carbocycles. The molecule has 122 valence electrons. The first-order valence-corrected chi connectivity index (χ1v) is 9.16. The van der Waals surface area contributed by atoms with E-state index in [-0.39, 0.29) is 0 Å². The summed E-state index contributed by atoms with van der Waals surface area (Å²) in [5.41, 5.74) is 0. The maximum absolute atomic E-state index is 12.2. The molecule has 0 N–H and O–H groups in total. The van der Waals surface area contributed by atoms with Crippen LogP contribution in [0.4, 0.5) is 0 Å². The van der Waals surface area contributed by atoms with Crippen LogP contribution in [0.5, 0.6) is 0 Å². The highest BCUT2D eigenvalue weighted by atomic mass is 16.1. The number of likely N-dealkylation sites (tertiary alicyclic amines) is 1. The summed E-state index contributed by atoms with van der Waals surface area (Å²) in [4.78, 5) is 17.3. The van der Waals surface area contributed by atoms with Crippen molar-refractivity contribution >= 4 is 5.78 Å². The van der Waals surface area contributed by atoms with E-state index in [1.807, 2.05) is 0 Å². The fourth-order valence-electron chi connectivity index (χ4n) is 4.38. The third kappa shape index (κ3) is 4.53. The van der Waals surface area contributed by atoms with Crippen molar-refractivity contribution in [1.29, 1.82) is 0 Å². The van der Waals surface area contributed by atoms with Gasteiger partial charge in [-0.15, -0.1) is 0 Å². The van der Waals surface area contributed by atoms with Gasteiger partial charge in [0.25, 0.3) is 0 Å². The van der Waals surface area contributed by atoms with E-state index in [2.05, 4.69) is 30.6 Å². The van der Waals surface area contributed by atoms with E-state index < -0.39 is 0 Å². The number of hydrogen-bond acceptors (Lipinski definition) is 3. The summed E-state index contributed by atoms with van der Waals surface area (Å²) in [7, 11) is 0. The lowest BCUT2D eigenvalue weighted by atomic mass is 9.78. The molecule has 1 saturated carbocycles. The van der Waals surface area contributed by atoms with E-state index in [0.29, 0.717) is 17.7 Å². The molecule has 2 fully saturated rings. The van der Waals surface area contributed by atoms with Crippen LogP contribution in [0.3, 0.4) is 0 Å². The Kier molecular flexibility index (Phi) is 6.69. The van der Waals surface area contributed by atoms with Gasteiger partial charge in [-0.2, -0.15) is 0 Å². The summed E-state index contributed by atoms with van der Waals surface area (Å²) in [6, 6.07) is 0.713. The minimum Gasteiger partial charge on any atom is -0.301 e. The van der Waals surface area contributed by atoms with Crippen LogP contribution in [0.25, 0.3) is 0 Å². The maximum Gasteiger partial charge on any atom is 0.137 e. The van der Waals surface area contributed by atoms with Gasteiger partial charge in [-0.25, -0.2) is 0 Å². The van der Waals surface area contributed by atoms with Crippen LogP contribution >= 0.6 is 0 Å². The first kappa shape index (κ1) is 17.0. The van der Waals surface area contributed by atoms with E-state index >= 15 is 0 Å². The minimum absolute atomic E-state index is 0.325. The summed E-state index contributed by atoms with van der Waals surface area (Å²) >= 11 is 0. The topological polar surface area (TPSA) is 23.6 Å². The SMILES string of the molecule is CCCC1CCC(=O)C(CN2CCC(N(CC)CC)C2)C1. The molecule has 0 bridgehead atoms. The fraction of sp³-hybridized carbons (Fsp3) is 0.944. The second-order valence-corrected chi connectivity index (χ2v) is 7.02. The number of carbonyl (C=O) groups excluding carboxylic acids is 1. The fourth-order valence-corrected chi connectivity index (χ4v) is 4.38. The zero-order valence-electron chi connectivity index (χ0n) is 14.3. The third-order valence-electron chi connectivity index (χ3n) is 5.62. The lowest BCUT2D eigenvalue weighted by molar-refractivity contribution is -0.126. The molecule has 0 amide bonds. The van der Waals surface area contributed by atoms with Crippen LogP contribution in [0, 0.1) is 11.8 Å². The van der Waals surface area contributed by atoms with Gasteiger partial charge >= 0.3 is 0 Å². The number of rotatable bonds is 7. The van der Waals surface area contributed by atoms with Crippen LogP contribution in [-0.4, -0.2) is 54.3 Å². The van der Waals surface area contributed by atoms with Crippen molar-refractivity contribution in [1.82, 2.24) is 9.80 Å². The summed E-state index contributed by atoms with van der Waals surface area (Å²) < 4.78 is 0. The Bertz CT molecular complexity index is 327. The van der Waals surface area contributed by atoms with Crippen LogP contribution in [0.2, 0.25) is 0 Å². The highest BCUT2D eigenvalue weighted by Gasteiger charge is 2.33. The highest BCUT2D eigenvalue weighted by Crippen LogP contribution is 2.31. The molecule has 2 rings (SSSR count). The first-order valence-electron chi connectivity index (χ1n) is 9.16. The van der Waals surface area contributed by atoms with Crippen molar-refractivity contribution in [3.8, 4) is 0 Å². The molecule has 3 unspecified atom stereocenters. The van der Waals surface area contributed by atoms with Gasteiger partial charge in [-0.1, -0.05) is 33.6 Å². The van der Waals surface area contributed by atoms with Gasteiger partial charge in [0.05, 0.1) is 0 Å². The average molecular weight is 294 g/mol. The van der Waals surface area contributed by atoms with Crippen molar-refractivity contribution in [2.75, 3.05) is 32.7 Å². The number of hydrogen-bond donors (Lipinski definition) is 0. The van der Waals surface area contributed by atoms with Gasteiger partial charge in [-0.3, -0.25) is 9.69 Å². The number of Topliss-reactive ketones (excluding diaryl/α,β-unsaturated/α-hetero) is 1. The number of nitrogens with zero attached hydrogens (tertiary/aromatic N) is 2. The first-order chi connectivity index (χ1) is 10.2. The van der Waals surface area contributed by atoms with Gasteiger partial charge < -0.3 is 4.90 Å². The molecule has 0 radical (unpaired) electrons. The molecule has 1 saturated heterocycles. The highest BCUT2D eigenvalue weighted by molar-refractivity contribution is 5.81. The number of ketones is 1. The largest absolute Gasteiger partial charge is 0.301 e. The van der Waals surface area contributed by atoms with Gasteiger partial charge in [-0.05, 0) is 44.8 Å². The molecule has 21 heavy (non-hydrogen) atoms. The van der Waals surface area contributed by atoms with Crippen LogP contribution in [-0.2, 0) is 4.79 Å². The Morgan fingerprint density at radius 3 is 2.62 bits per heavy atom. The van der Waals surface area contributed by atoms with Gasteiger partial charge in [0.1, 0.15) is 5.78 Å². The molecule has 0 spiro atoms. The third-order valence-corrected chi connectivity index (χ3v) is 5.62. The van der Waals surface area contributed by atoms with E-state index in [1.165, 1.54) is 32.4 Å². The molecule has 3 atom stereocenters. The smallest absolute Gasteiger partial charge is 0.137 e. The Hall–Kier alpha value is -0.410. The maximum atomic E-state index is 12.2. The van der Waals surface area contributed by atoms with E-state index in [1.54, 1.807) is 0 Å². The van der Waals surface area contributed by atoms with Crippen molar-refractivity contribution in [2.45, 2.75) is 65.3 Å². The quantitative estimate of drug-likeness (QED) is 0.720. The normalized spacial score (nSPS) is 31.2. The van der Waals surface area contributed by atoms with Crippen molar-refractivity contribution in [3.63, 3.8) is 0 Å². The standard InChI is InChI=1S/C18H34N2O/c1-4-7-15-8-9-18(21)16(12-15)13-19-11-10-17(14-19)20(5-2)6-3/h15-17H,4-14H2,1-3H3.